The number of aryl methyl sites for hydroxylation is 1. The third kappa shape index (κ3) is 2.09. The second kappa shape index (κ2) is 4.20. The molecule has 1 amide bonds. The van der Waals surface area contributed by atoms with Crippen molar-refractivity contribution in [3.8, 4) is 6.07 Å². The first-order valence-corrected chi connectivity index (χ1v) is 5.03. The third-order valence-corrected chi connectivity index (χ3v) is 2.70. The normalized spacial score (nSPS) is 11.9. The third-order valence-electron chi connectivity index (χ3n) is 1.93. The van der Waals surface area contributed by atoms with E-state index in [-0.39, 0.29) is 5.91 Å². The quantitative estimate of drug-likeness (QED) is 0.740. The van der Waals surface area contributed by atoms with Crippen LogP contribution in [0.15, 0.2) is 5.38 Å². The minimum Gasteiger partial charge on any atom is -0.325 e. The van der Waals surface area contributed by atoms with Crippen molar-refractivity contribution in [2.75, 3.05) is 7.05 Å². The van der Waals surface area contributed by atoms with E-state index < -0.39 is 6.04 Å². The van der Waals surface area contributed by atoms with E-state index in [1.807, 2.05) is 13.0 Å². The number of carbonyl (C=O) groups excluding carboxylic acids is 1. The SMILES string of the molecule is Cc1nc(C(=O)N(C)C(C)C#N)cs1. The lowest BCUT2D eigenvalue weighted by Crippen LogP contribution is -2.34. The fraction of sp³-hybridized carbons (Fsp3) is 0.444. The van der Waals surface area contributed by atoms with Crippen molar-refractivity contribution in [2.45, 2.75) is 19.9 Å². The Morgan fingerprint density at radius 1 is 1.79 bits per heavy atom. The van der Waals surface area contributed by atoms with Gasteiger partial charge in [-0.15, -0.1) is 11.3 Å². The molecule has 14 heavy (non-hydrogen) atoms. The minimum absolute atomic E-state index is 0.205. The molecule has 1 aromatic rings. The fourth-order valence-corrected chi connectivity index (χ4v) is 1.49. The topological polar surface area (TPSA) is 57.0 Å². The highest BCUT2D eigenvalue weighted by molar-refractivity contribution is 7.09. The molecule has 0 aromatic carbocycles. The number of carbonyl (C=O) groups is 1. The van der Waals surface area contributed by atoms with Crippen molar-refractivity contribution in [3.63, 3.8) is 0 Å². The predicted molar refractivity (Wildman–Crippen MR) is 54.0 cm³/mol. The van der Waals surface area contributed by atoms with Gasteiger partial charge in [0.05, 0.1) is 11.1 Å². The molecule has 0 spiro atoms. The van der Waals surface area contributed by atoms with Gasteiger partial charge in [0.25, 0.3) is 5.91 Å². The summed E-state index contributed by atoms with van der Waals surface area (Å²) in [5.74, 6) is -0.205. The van der Waals surface area contributed by atoms with Crippen LogP contribution in [0.3, 0.4) is 0 Å². The standard InChI is InChI=1S/C9H11N3OS/c1-6(4-10)12(3)9(13)8-5-14-7(2)11-8/h5-6H,1-3H3. The van der Waals surface area contributed by atoms with Crippen LogP contribution in [-0.2, 0) is 0 Å². The summed E-state index contributed by atoms with van der Waals surface area (Å²) in [7, 11) is 1.60. The van der Waals surface area contributed by atoms with Gasteiger partial charge in [-0.2, -0.15) is 5.26 Å². The van der Waals surface area contributed by atoms with Crippen molar-refractivity contribution >= 4 is 17.2 Å². The average molecular weight is 209 g/mol. The Bertz CT molecular complexity index is 380. The lowest BCUT2D eigenvalue weighted by molar-refractivity contribution is 0.0768. The second-order valence-electron chi connectivity index (χ2n) is 2.97. The average Bonchev–Trinajstić information content (AvgIpc) is 2.61. The Morgan fingerprint density at radius 2 is 2.43 bits per heavy atom. The fourth-order valence-electron chi connectivity index (χ4n) is 0.905. The number of hydrogen-bond acceptors (Lipinski definition) is 4. The van der Waals surface area contributed by atoms with Gasteiger partial charge in [-0.3, -0.25) is 4.79 Å². The Hall–Kier alpha value is -1.41. The maximum absolute atomic E-state index is 11.7. The van der Waals surface area contributed by atoms with Gasteiger partial charge in [-0.25, -0.2) is 4.98 Å². The Balaban J connectivity index is 2.81. The monoisotopic (exact) mass is 209 g/mol. The molecule has 0 radical (unpaired) electrons. The zero-order valence-corrected chi connectivity index (χ0v) is 9.13. The first-order chi connectivity index (χ1) is 6.56. The molecule has 0 fully saturated rings. The number of rotatable bonds is 2. The van der Waals surface area contributed by atoms with E-state index in [1.54, 1.807) is 19.4 Å². The molecule has 1 unspecified atom stereocenters. The van der Waals surface area contributed by atoms with Gasteiger partial charge in [0, 0.05) is 12.4 Å². The van der Waals surface area contributed by atoms with Gasteiger partial charge in [0.15, 0.2) is 0 Å². The summed E-state index contributed by atoms with van der Waals surface area (Å²) in [5.41, 5.74) is 0.414. The van der Waals surface area contributed by atoms with E-state index in [0.29, 0.717) is 5.69 Å². The highest BCUT2D eigenvalue weighted by Gasteiger charge is 2.18. The highest BCUT2D eigenvalue weighted by Crippen LogP contribution is 2.10. The molecule has 0 N–H and O–H groups in total. The molecule has 74 valence electrons. The van der Waals surface area contributed by atoms with Crippen molar-refractivity contribution in [1.29, 1.82) is 5.26 Å². The molecule has 0 saturated carbocycles. The van der Waals surface area contributed by atoms with E-state index in [1.165, 1.54) is 16.2 Å². The zero-order chi connectivity index (χ0) is 10.7. The number of amides is 1. The molecule has 1 heterocycles. The zero-order valence-electron chi connectivity index (χ0n) is 8.31. The van der Waals surface area contributed by atoms with Gasteiger partial charge >= 0.3 is 0 Å². The van der Waals surface area contributed by atoms with Crippen LogP contribution in [0.1, 0.15) is 22.4 Å². The van der Waals surface area contributed by atoms with Crippen LogP contribution in [0.4, 0.5) is 0 Å². The molecule has 0 aliphatic heterocycles. The maximum Gasteiger partial charge on any atom is 0.274 e. The Labute approximate surface area is 86.8 Å². The lowest BCUT2D eigenvalue weighted by Gasteiger charge is -2.17. The first-order valence-electron chi connectivity index (χ1n) is 4.15. The highest BCUT2D eigenvalue weighted by atomic mass is 32.1. The molecule has 0 aliphatic carbocycles. The summed E-state index contributed by atoms with van der Waals surface area (Å²) in [4.78, 5) is 17.1. The predicted octanol–water partition coefficient (Wildman–Crippen LogP) is 1.44. The van der Waals surface area contributed by atoms with Crippen LogP contribution in [0.2, 0.25) is 0 Å². The van der Waals surface area contributed by atoms with E-state index >= 15 is 0 Å². The van der Waals surface area contributed by atoms with Crippen LogP contribution < -0.4 is 0 Å². The molecule has 0 bridgehead atoms. The smallest absolute Gasteiger partial charge is 0.274 e. The summed E-state index contributed by atoms with van der Waals surface area (Å²) >= 11 is 1.43. The molecule has 1 rings (SSSR count). The molecular formula is C9H11N3OS. The van der Waals surface area contributed by atoms with Gasteiger partial charge in [0.1, 0.15) is 11.7 Å². The van der Waals surface area contributed by atoms with Crippen LogP contribution >= 0.6 is 11.3 Å². The molecule has 1 aromatic heterocycles. The number of hydrogen-bond donors (Lipinski definition) is 0. The van der Waals surface area contributed by atoms with Crippen molar-refractivity contribution in [2.24, 2.45) is 0 Å². The van der Waals surface area contributed by atoms with Crippen LogP contribution in [0, 0.1) is 18.3 Å². The van der Waals surface area contributed by atoms with Crippen LogP contribution in [0.25, 0.3) is 0 Å². The van der Waals surface area contributed by atoms with Crippen LogP contribution in [-0.4, -0.2) is 28.9 Å². The van der Waals surface area contributed by atoms with E-state index in [9.17, 15) is 4.79 Å². The Kier molecular flexibility index (Phi) is 3.20. The van der Waals surface area contributed by atoms with Crippen molar-refractivity contribution in [3.05, 3.63) is 16.1 Å². The molecular weight excluding hydrogens is 198 g/mol. The first kappa shape index (κ1) is 10.7. The number of nitriles is 1. The number of aromatic nitrogens is 1. The molecule has 0 aliphatic rings. The maximum atomic E-state index is 11.7. The summed E-state index contributed by atoms with van der Waals surface area (Å²) in [6, 6.07) is 1.58. The van der Waals surface area contributed by atoms with Gasteiger partial charge in [-0.05, 0) is 13.8 Å². The largest absolute Gasteiger partial charge is 0.325 e. The molecule has 1 atom stereocenters. The van der Waals surface area contributed by atoms with Crippen molar-refractivity contribution in [1.82, 2.24) is 9.88 Å². The summed E-state index contributed by atoms with van der Waals surface area (Å²) in [5, 5.41) is 11.2. The number of nitrogens with zero attached hydrogens (tertiary/aromatic N) is 3. The molecule has 4 nitrogen and oxygen atoms in total. The van der Waals surface area contributed by atoms with Gasteiger partial charge in [-0.1, -0.05) is 0 Å². The second-order valence-corrected chi connectivity index (χ2v) is 4.04. The van der Waals surface area contributed by atoms with E-state index in [2.05, 4.69) is 4.98 Å². The van der Waals surface area contributed by atoms with Crippen molar-refractivity contribution < 1.29 is 4.79 Å². The Morgan fingerprint density at radius 3 is 2.86 bits per heavy atom. The van der Waals surface area contributed by atoms with Gasteiger partial charge in [0.2, 0.25) is 0 Å². The van der Waals surface area contributed by atoms with E-state index in [0.717, 1.165) is 5.01 Å². The summed E-state index contributed by atoms with van der Waals surface area (Å²) < 4.78 is 0. The van der Waals surface area contributed by atoms with Crippen LogP contribution in [0.5, 0.6) is 0 Å². The minimum atomic E-state index is -0.426. The lowest BCUT2D eigenvalue weighted by atomic mass is 10.3. The summed E-state index contributed by atoms with van der Waals surface area (Å²) in [6.45, 7) is 3.52. The molecule has 0 saturated heterocycles. The number of thiazole rings is 1. The summed E-state index contributed by atoms with van der Waals surface area (Å²) in [6.07, 6.45) is 0. The van der Waals surface area contributed by atoms with E-state index in [4.69, 9.17) is 5.26 Å². The van der Waals surface area contributed by atoms with Gasteiger partial charge < -0.3 is 4.90 Å². The molecule has 5 heteroatoms.